The van der Waals surface area contributed by atoms with E-state index in [2.05, 4.69) is 31.3 Å². The Labute approximate surface area is 191 Å². The van der Waals surface area contributed by atoms with Crippen LogP contribution < -0.4 is 16.8 Å². The number of pyridine rings is 1. The highest BCUT2D eigenvalue weighted by Crippen LogP contribution is 2.36. The topological polar surface area (TPSA) is 94.0 Å². The first-order valence-corrected chi connectivity index (χ1v) is 11.3. The lowest BCUT2D eigenvalue weighted by Gasteiger charge is -2.21. The fourth-order valence-electron chi connectivity index (χ4n) is 3.96. The minimum atomic E-state index is -0.0295. The summed E-state index contributed by atoms with van der Waals surface area (Å²) in [5, 5.41) is 3.15. The Bertz CT molecular complexity index is 1040. The largest absolute Gasteiger partial charge is 0.326 e. The van der Waals surface area contributed by atoms with Crippen molar-refractivity contribution in [2.75, 3.05) is 5.32 Å². The zero-order chi connectivity index (χ0) is 23.1. The van der Waals surface area contributed by atoms with Crippen LogP contribution in [0.5, 0.6) is 0 Å². The van der Waals surface area contributed by atoms with Crippen LogP contribution in [0.4, 0.5) is 5.69 Å². The maximum atomic E-state index is 12.9. The number of benzene rings is 2. The molecule has 0 aliphatic rings. The molecule has 5 N–H and O–H groups in total. The molecule has 3 aromatic rings. The molecule has 0 aliphatic carbocycles. The number of nitrogens with one attached hydrogen (secondary N) is 1. The summed E-state index contributed by atoms with van der Waals surface area (Å²) >= 11 is 0. The van der Waals surface area contributed by atoms with Gasteiger partial charge < -0.3 is 16.8 Å². The van der Waals surface area contributed by atoms with Gasteiger partial charge in [0.25, 0.3) is 0 Å². The van der Waals surface area contributed by atoms with Crippen molar-refractivity contribution in [3.05, 3.63) is 82.7 Å². The average Bonchev–Trinajstić information content (AvgIpc) is 2.79. The van der Waals surface area contributed by atoms with Gasteiger partial charge >= 0.3 is 0 Å². The number of hydrogen-bond acceptors (Lipinski definition) is 4. The molecule has 0 atom stereocenters. The molecule has 1 aromatic heterocycles. The van der Waals surface area contributed by atoms with Crippen LogP contribution in [-0.4, -0.2) is 10.9 Å². The SMILES string of the molecule is Cc1nc(CC(C)C)c(CN)c(-c2ccc(CN)cc2)c1NC(=O)CCc1ccccc1. The van der Waals surface area contributed by atoms with Crippen molar-refractivity contribution in [1.29, 1.82) is 0 Å². The monoisotopic (exact) mass is 430 g/mol. The van der Waals surface area contributed by atoms with Crippen molar-refractivity contribution < 1.29 is 4.79 Å². The quantitative estimate of drug-likeness (QED) is 0.457. The third-order valence-corrected chi connectivity index (χ3v) is 5.60. The standard InChI is InChI=1S/C27H34N4O/c1-18(2)15-24-23(17-29)26(22-12-9-21(16-28)10-13-22)27(19(3)30-24)31-25(32)14-11-20-7-5-4-6-8-20/h4-10,12-13,18H,11,14-17,28-29H2,1-3H3,(H,31,32). The molecule has 5 heteroatoms. The minimum absolute atomic E-state index is 0.0295. The summed E-state index contributed by atoms with van der Waals surface area (Å²) < 4.78 is 0. The van der Waals surface area contributed by atoms with Gasteiger partial charge in [-0.2, -0.15) is 0 Å². The molecule has 3 rings (SSSR count). The van der Waals surface area contributed by atoms with Crippen LogP contribution in [0.15, 0.2) is 54.6 Å². The Morgan fingerprint density at radius 2 is 1.66 bits per heavy atom. The molecule has 0 saturated heterocycles. The van der Waals surface area contributed by atoms with Crippen LogP contribution in [0.25, 0.3) is 11.1 Å². The van der Waals surface area contributed by atoms with Gasteiger partial charge in [0.15, 0.2) is 0 Å². The molecule has 2 aromatic carbocycles. The van der Waals surface area contributed by atoms with Gasteiger partial charge in [0.2, 0.25) is 5.91 Å². The second kappa shape index (κ2) is 11.0. The molecule has 0 bridgehead atoms. The van der Waals surface area contributed by atoms with Crippen LogP contribution in [0.2, 0.25) is 0 Å². The predicted octanol–water partition coefficient (Wildman–Crippen LogP) is 4.74. The maximum absolute atomic E-state index is 12.9. The third-order valence-electron chi connectivity index (χ3n) is 5.60. The highest BCUT2D eigenvalue weighted by Gasteiger charge is 2.20. The first kappa shape index (κ1) is 23.6. The number of hydrogen-bond donors (Lipinski definition) is 3. The molecule has 0 aliphatic heterocycles. The number of rotatable bonds is 9. The van der Waals surface area contributed by atoms with Gasteiger partial charge in [-0.25, -0.2) is 0 Å². The minimum Gasteiger partial charge on any atom is -0.326 e. The maximum Gasteiger partial charge on any atom is 0.224 e. The van der Waals surface area contributed by atoms with Crippen molar-refractivity contribution in [2.24, 2.45) is 17.4 Å². The molecule has 32 heavy (non-hydrogen) atoms. The van der Waals surface area contributed by atoms with E-state index in [1.165, 1.54) is 0 Å². The molecular formula is C27H34N4O. The number of nitrogens with two attached hydrogens (primary N) is 2. The molecule has 0 spiro atoms. The van der Waals surface area contributed by atoms with Crippen molar-refractivity contribution in [1.82, 2.24) is 4.98 Å². The van der Waals surface area contributed by atoms with Crippen molar-refractivity contribution in [3.63, 3.8) is 0 Å². The van der Waals surface area contributed by atoms with E-state index >= 15 is 0 Å². The number of anilines is 1. The van der Waals surface area contributed by atoms with Crippen molar-refractivity contribution in [2.45, 2.75) is 53.1 Å². The molecule has 0 saturated carbocycles. The van der Waals surface area contributed by atoms with Gasteiger partial charge in [0, 0.05) is 30.8 Å². The Kier molecular flexibility index (Phi) is 8.14. The predicted molar refractivity (Wildman–Crippen MR) is 132 cm³/mol. The van der Waals surface area contributed by atoms with Crippen LogP contribution in [0, 0.1) is 12.8 Å². The van der Waals surface area contributed by atoms with E-state index in [0.717, 1.165) is 51.3 Å². The molecule has 0 unspecified atom stereocenters. The Balaban J connectivity index is 2.00. The van der Waals surface area contributed by atoms with E-state index in [1.807, 2.05) is 49.4 Å². The Morgan fingerprint density at radius 3 is 2.25 bits per heavy atom. The summed E-state index contributed by atoms with van der Waals surface area (Å²) in [6.45, 7) is 7.14. The van der Waals surface area contributed by atoms with E-state index in [1.54, 1.807) is 0 Å². The van der Waals surface area contributed by atoms with E-state index < -0.39 is 0 Å². The normalized spacial score (nSPS) is 11.1. The molecule has 168 valence electrons. The number of aromatic nitrogens is 1. The van der Waals surface area contributed by atoms with Crippen LogP contribution >= 0.6 is 0 Å². The Morgan fingerprint density at radius 1 is 0.969 bits per heavy atom. The first-order valence-electron chi connectivity index (χ1n) is 11.3. The van der Waals surface area contributed by atoms with Gasteiger partial charge in [0.1, 0.15) is 0 Å². The lowest BCUT2D eigenvalue weighted by Crippen LogP contribution is -2.18. The van der Waals surface area contributed by atoms with Crippen LogP contribution in [-0.2, 0) is 30.7 Å². The smallest absolute Gasteiger partial charge is 0.224 e. The van der Waals surface area contributed by atoms with E-state index in [-0.39, 0.29) is 5.91 Å². The lowest BCUT2D eigenvalue weighted by molar-refractivity contribution is -0.116. The van der Waals surface area contributed by atoms with Crippen LogP contribution in [0.1, 0.15) is 48.3 Å². The number of aryl methyl sites for hydroxylation is 2. The van der Waals surface area contributed by atoms with Crippen molar-refractivity contribution >= 4 is 11.6 Å². The summed E-state index contributed by atoms with van der Waals surface area (Å²) in [6, 6.07) is 18.2. The second-order valence-electron chi connectivity index (χ2n) is 8.61. The average molecular weight is 431 g/mol. The Hall–Kier alpha value is -3.02. The summed E-state index contributed by atoms with van der Waals surface area (Å²) in [7, 11) is 0. The zero-order valence-corrected chi connectivity index (χ0v) is 19.3. The summed E-state index contributed by atoms with van der Waals surface area (Å²) in [6.07, 6.45) is 1.93. The van der Waals surface area contributed by atoms with Gasteiger partial charge in [-0.1, -0.05) is 68.4 Å². The van der Waals surface area contributed by atoms with Crippen LogP contribution in [0.3, 0.4) is 0 Å². The zero-order valence-electron chi connectivity index (χ0n) is 19.3. The first-order chi connectivity index (χ1) is 15.4. The molecular weight excluding hydrogens is 396 g/mol. The summed E-state index contributed by atoms with van der Waals surface area (Å²) in [4.78, 5) is 17.8. The lowest BCUT2D eigenvalue weighted by atomic mass is 9.92. The van der Waals surface area contributed by atoms with E-state index in [0.29, 0.717) is 31.8 Å². The second-order valence-corrected chi connectivity index (χ2v) is 8.61. The highest BCUT2D eigenvalue weighted by molar-refractivity contribution is 5.97. The number of amides is 1. The molecule has 0 radical (unpaired) electrons. The van der Waals surface area contributed by atoms with Gasteiger partial charge in [-0.15, -0.1) is 0 Å². The van der Waals surface area contributed by atoms with E-state index in [4.69, 9.17) is 16.5 Å². The molecule has 1 amide bonds. The third kappa shape index (κ3) is 5.81. The molecule has 1 heterocycles. The van der Waals surface area contributed by atoms with E-state index in [9.17, 15) is 4.79 Å². The number of carbonyl (C=O) groups excluding carboxylic acids is 1. The molecule has 0 fully saturated rings. The van der Waals surface area contributed by atoms with Crippen molar-refractivity contribution in [3.8, 4) is 11.1 Å². The fourth-order valence-corrected chi connectivity index (χ4v) is 3.96. The molecule has 5 nitrogen and oxygen atoms in total. The number of carbonyl (C=O) groups is 1. The highest BCUT2D eigenvalue weighted by atomic mass is 16.1. The number of nitrogens with zero attached hydrogens (tertiary/aromatic N) is 1. The van der Waals surface area contributed by atoms with Gasteiger partial charge in [-0.3, -0.25) is 9.78 Å². The summed E-state index contributed by atoms with van der Waals surface area (Å²) in [5.41, 5.74) is 19.7. The summed E-state index contributed by atoms with van der Waals surface area (Å²) in [5.74, 6) is 0.421. The van der Waals surface area contributed by atoms with Gasteiger partial charge in [-0.05, 0) is 47.9 Å². The fraction of sp³-hybridized carbons (Fsp3) is 0.333. The van der Waals surface area contributed by atoms with Gasteiger partial charge in [0.05, 0.1) is 11.4 Å².